The van der Waals surface area contributed by atoms with Gasteiger partial charge in [-0.1, -0.05) is 95.5 Å². The van der Waals surface area contributed by atoms with Crippen LogP contribution in [-0.2, 0) is 4.57 Å². The molecule has 0 saturated carbocycles. The van der Waals surface area contributed by atoms with E-state index in [4.69, 9.17) is 34.8 Å². The molecule has 3 aromatic carbocycles. The molecule has 6 heteroatoms. The number of carbonyl (C=O) groups excluding carboxylic acids is 1. The van der Waals surface area contributed by atoms with Gasteiger partial charge in [0.1, 0.15) is 0 Å². The molecule has 0 radical (unpaired) electrons. The first-order valence-electron chi connectivity index (χ1n) is 7.35. The maximum Gasteiger partial charge on any atom is 0.233 e. The van der Waals surface area contributed by atoms with Crippen molar-refractivity contribution in [1.29, 1.82) is 0 Å². The molecule has 2 nitrogen and oxygen atoms in total. The Balaban J connectivity index is 2.27. The fourth-order valence-electron chi connectivity index (χ4n) is 2.56. The normalized spacial score (nSPS) is 11.3. The first-order valence-corrected chi connectivity index (χ1v) is 10.2. The molecule has 3 aromatic rings. The minimum atomic E-state index is -3.66. The maximum absolute atomic E-state index is 14.0. The van der Waals surface area contributed by atoms with Crippen LogP contribution in [0.2, 0.25) is 15.1 Å². The fourth-order valence-corrected chi connectivity index (χ4v) is 6.19. The lowest BCUT2D eigenvalue weighted by Gasteiger charge is -2.19. The van der Waals surface area contributed by atoms with Crippen LogP contribution in [0.5, 0.6) is 0 Å². The van der Waals surface area contributed by atoms with Crippen LogP contribution in [-0.4, -0.2) is 5.52 Å². The van der Waals surface area contributed by atoms with Crippen LogP contribution in [0.1, 0.15) is 10.4 Å². The van der Waals surface area contributed by atoms with Crippen LogP contribution in [0.25, 0.3) is 0 Å². The van der Waals surface area contributed by atoms with Gasteiger partial charge in [-0.15, -0.1) is 0 Å². The SMILES string of the molecule is O=C(c1c(Cl)cc(Cl)cc1Cl)P(=O)(c1ccccc1)c1ccccc1. The monoisotopic (exact) mass is 408 g/mol. The Morgan fingerprint density at radius 3 is 1.52 bits per heavy atom. The standard InChI is InChI=1S/C19H12Cl3O2P/c20-13-11-16(21)18(17(22)12-13)19(23)25(24,14-7-3-1-4-8-14)15-9-5-2-6-10-15/h1-12H. The van der Waals surface area contributed by atoms with E-state index >= 15 is 0 Å². The van der Waals surface area contributed by atoms with E-state index in [1.807, 2.05) is 0 Å². The van der Waals surface area contributed by atoms with E-state index in [1.165, 1.54) is 12.1 Å². The average molecular weight is 410 g/mol. The molecule has 0 bridgehead atoms. The lowest BCUT2D eigenvalue weighted by molar-refractivity contribution is 0.107. The van der Waals surface area contributed by atoms with Crippen LogP contribution in [0.15, 0.2) is 72.8 Å². The van der Waals surface area contributed by atoms with Crippen molar-refractivity contribution in [1.82, 2.24) is 0 Å². The van der Waals surface area contributed by atoms with Gasteiger partial charge in [-0.05, 0) is 12.1 Å². The van der Waals surface area contributed by atoms with Crippen molar-refractivity contribution in [2.24, 2.45) is 0 Å². The predicted octanol–water partition coefficient (Wildman–Crippen LogP) is 5.80. The summed E-state index contributed by atoms with van der Waals surface area (Å²) in [6, 6.07) is 20.1. The molecule has 0 aliphatic heterocycles. The lowest BCUT2D eigenvalue weighted by atomic mass is 10.2. The van der Waals surface area contributed by atoms with Crippen molar-refractivity contribution in [3.63, 3.8) is 0 Å². The Labute approximate surface area is 160 Å². The molecule has 0 heterocycles. The van der Waals surface area contributed by atoms with Crippen LogP contribution < -0.4 is 10.6 Å². The average Bonchev–Trinajstić information content (AvgIpc) is 2.61. The molecule has 0 fully saturated rings. The number of benzene rings is 3. The number of rotatable bonds is 4. The largest absolute Gasteiger partial charge is 0.305 e. The van der Waals surface area contributed by atoms with Gasteiger partial charge in [0.05, 0.1) is 15.6 Å². The van der Waals surface area contributed by atoms with Crippen molar-refractivity contribution in [2.45, 2.75) is 0 Å². The first kappa shape index (κ1) is 18.2. The summed E-state index contributed by atoms with van der Waals surface area (Å²) in [5, 5.41) is 1.31. The zero-order valence-corrected chi connectivity index (χ0v) is 16.0. The van der Waals surface area contributed by atoms with Crippen molar-refractivity contribution in [3.8, 4) is 0 Å². The van der Waals surface area contributed by atoms with Gasteiger partial charge in [-0.25, -0.2) is 0 Å². The molecule has 0 aliphatic rings. The molecular formula is C19H12Cl3O2P. The van der Waals surface area contributed by atoms with Crippen molar-refractivity contribution in [2.75, 3.05) is 0 Å². The molecule has 0 aliphatic carbocycles. The summed E-state index contributed by atoms with van der Waals surface area (Å²) in [7, 11) is -3.66. The van der Waals surface area contributed by atoms with E-state index < -0.39 is 12.7 Å². The van der Waals surface area contributed by atoms with Crippen LogP contribution >= 0.6 is 41.9 Å². The van der Waals surface area contributed by atoms with Gasteiger partial charge >= 0.3 is 0 Å². The Morgan fingerprint density at radius 2 is 1.12 bits per heavy atom. The minimum absolute atomic E-state index is 0.0174. The molecule has 0 spiro atoms. The summed E-state index contributed by atoms with van der Waals surface area (Å²) in [6.07, 6.45) is 0. The van der Waals surface area contributed by atoms with Gasteiger partial charge in [0.25, 0.3) is 0 Å². The van der Waals surface area contributed by atoms with Gasteiger partial charge in [0, 0.05) is 15.6 Å². The van der Waals surface area contributed by atoms with Crippen LogP contribution in [0.3, 0.4) is 0 Å². The molecule has 0 saturated heterocycles. The summed E-state index contributed by atoms with van der Waals surface area (Å²) in [5.41, 5.74) is -0.597. The topological polar surface area (TPSA) is 34.1 Å². The molecule has 25 heavy (non-hydrogen) atoms. The summed E-state index contributed by atoms with van der Waals surface area (Å²) >= 11 is 18.3. The molecule has 0 atom stereocenters. The predicted molar refractivity (Wildman–Crippen MR) is 106 cm³/mol. The number of halogens is 3. The lowest BCUT2D eigenvalue weighted by Crippen LogP contribution is -2.23. The number of carbonyl (C=O) groups is 1. The van der Waals surface area contributed by atoms with Crippen LogP contribution in [0, 0.1) is 0 Å². The Hall–Kier alpha value is -1.57. The first-order chi connectivity index (χ1) is 11.9. The highest BCUT2D eigenvalue weighted by Gasteiger charge is 2.38. The van der Waals surface area contributed by atoms with E-state index in [2.05, 4.69) is 0 Å². The zero-order chi connectivity index (χ0) is 18.0. The molecule has 0 aromatic heterocycles. The molecule has 0 unspecified atom stereocenters. The summed E-state index contributed by atoms with van der Waals surface area (Å²) in [5.74, 6) is 0. The number of hydrogen-bond acceptors (Lipinski definition) is 2. The van der Waals surface area contributed by atoms with Gasteiger partial charge in [0.2, 0.25) is 12.7 Å². The van der Waals surface area contributed by atoms with Crippen molar-refractivity contribution >= 4 is 58.1 Å². The summed E-state index contributed by atoms with van der Waals surface area (Å²) < 4.78 is 14.0. The molecule has 0 N–H and O–H groups in total. The fraction of sp³-hybridized carbons (Fsp3) is 0. The third-order valence-electron chi connectivity index (χ3n) is 3.75. The van der Waals surface area contributed by atoms with Gasteiger partial charge in [0.15, 0.2) is 0 Å². The highest BCUT2D eigenvalue weighted by Crippen LogP contribution is 2.49. The Kier molecular flexibility index (Phi) is 5.36. The third kappa shape index (κ3) is 3.41. The highest BCUT2D eigenvalue weighted by atomic mass is 35.5. The second-order valence-corrected chi connectivity index (χ2v) is 9.24. The van der Waals surface area contributed by atoms with Crippen molar-refractivity contribution < 1.29 is 9.36 Å². The van der Waals surface area contributed by atoms with Crippen molar-refractivity contribution in [3.05, 3.63) is 93.4 Å². The van der Waals surface area contributed by atoms with E-state index in [0.717, 1.165) is 0 Å². The highest BCUT2D eigenvalue weighted by molar-refractivity contribution is 7.93. The number of hydrogen-bond donors (Lipinski definition) is 0. The van der Waals surface area contributed by atoms with E-state index in [-0.39, 0.29) is 15.6 Å². The molecule has 3 rings (SSSR count). The molecule has 0 amide bonds. The smallest absolute Gasteiger partial charge is 0.233 e. The summed E-state index contributed by atoms with van der Waals surface area (Å²) in [4.78, 5) is 13.3. The quantitative estimate of drug-likeness (QED) is 0.510. The second-order valence-electron chi connectivity index (χ2n) is 5.33. The zero-order valence-electron chi connectivity index (χ0n) is 12.8. The maximum atomic E-state index is 14.0. The Bertz CT molecular complexity index is 906. The second kappa shape index (κ2) is 7.35. The van der Waals surface area contributed by atoms with E-state index in [1.54, 1.807) is 60.7 Å². The van der Waals surface area contributed by atoms with Gasteiger partial charge in [-0.2, -0.15) is 0 Å². The Morgan fingerprint density at radius 1 is 0.720 bits per heavy atom. The van der Waals surface area contributed by atoms with Gasteiger partial charge < -0.3 is 4.57 Å². The van der Waals surface area contributed by atoms with E-state index in [0.29, 0.717) is 15.6 Å². The molecular weight excluding hydrogens is 398 g/mol. The van der Waals surface area contributed by atoms with Crippen LogP contribution in [0.4, 0.5) is 0 Å². The minimum Gasteiger partial charge on any atom is -0.305 e. The van der Waals surface area contributed by atoms with Gasteiger partial charge in [-0.3, -0.25) is 4.79 Å². The van der Waals surface area contributed by atoms with E-state index in [9.17, 15) is 9.36 Å². The summed E-state index contributed by atoms with van der Waals surface area (Å²) in [6.45, 7) is 0. The third-order valence-corrected chi connectivity index (χ3v) is 7.41. The molecule has 126 valence electrons.